The van der Waals surface area contributed by atoms with Crippen LogP contribution in [0.5, 0.6) is 0 Å². The quantitative estimate of drug-likeness (QED) is 0.535. The van der Waals surface area contributed by atoms with Crippen LogP contribution in [0.4, 0.5) is 21.8 Å². The molecular weight excluding hydrogens is 461 g/mol. The molecule has 3 aromatic rings. The zero-order valence-electron chi connectivity index (χ0n) is 21.7. The van der Waals surface area contributed by atoms with Crippen molar-refractivity contribution in [2.24, 2.45) is 7.05 Å². The molecule has 1 saturated heterocycles. The van der Waals surface area contributed by atoms with Crippen LogP contribution in [-0.4, -0.2) is 58.8 Å². The first-order valence-electron chi connectivity index (χ1n) is 12.4. The van der Waals surface area contributed by atoms with Crippen molar-refractivity contribution >= 4 is 17.5 Å². The first-order chi connectivity index (χ1) is 16.9. The molecule has 2 aromatic heterocycles. The van der Waals surface area contributed by atoms with E-state index in [1.807, 2.05) is 12.1 Å². The van der Waals surface area contributed by atoms with Crippen LogP contribution in [0.25, 0.3) is 5.69 Å². The molecule has 0 bridgehead atoms. The van der Waals surface area contributed by atoms with Crippen LogP contribution in [-0.2, 0) is 7.05 Å². The molecule has 0 amide bonds. The monoisotopic (exact) mass is 495 g/mol. The average Bonchev–Trinajstić information content (AvgIpc) is 3.59. The second kappa shape index (κ2) is 8.65. The summed E-state index contributed by atoms with van der Waals surface area (Å²) >= 11 is 0. The number of nitrogens with one attached hydrogen (secondary N) is 2. The van der Waals surface area contributed by atoms with Gasteiger partial charge in [-0.1, -0.05) is 0 Å². The van der Waals surface area contributed by atoms with E-state index in [0.29, 0.717) is 17.3 Å². The first-order valence-corrected chi connectivity index (χ1v) is 12.4. The fourth-order valence-corrected chi connectivity index (χ4v) is 5.28. The van der Waals surface area contributed by atoms with Gasteiger partial charge in [-0.3, -0.25) is 4.90 Å². The van der Waals surface area contributed by atoms with Crippen LogP contribution < -0.4 is 16.3 Å². The summed E-state index contributed by atoms with van der Waals surface area (Å²) in [5, 5.41) is 14.3. The molecule has 1 aliphatic heterocycles. The second-order valence-corrected chi connectivity index (χ2v) is 11.3. The minimum Gasteiger partial charge on any atom is -0.365 e. The fourth-order valence-electron chi connectivity index (χ4n) is 5.28. The van der Waals surface area contributed by atoms with Crippen molar-refractivity contribution in [1.82, 2.24) is 34.7 Å². The van der Waals surface area contributed by atoms with Gasteiger partial charge in [-0.05, 0) is 101 Å². The molecule has 0 unspecified atom stereocenters. The highest BCUT2D eigenvalue weighted by atomic mass is 19.1. The molecule has 1 aliphatic carbocycles. The predicted octanol–water partition coefficient (Wildman–Crippen LogP) is 3.58. The van der Waals surface area contributed by atoms with Crippen LogP contribution >= 0.6 is 0 Å². The van der Waals surface area contributed by atoms with Crippen LogP contribution in [0, 0.1) is 5.82 Å². The van der Waals surface area contributed by atoms with Crippen LogP contribution in [0.1, 0.15) is 64.9 Å². The summed E-state index contributed by atoms with van der Waals surface area (Å²) in [5.74, 6) is 0.405. The molecule has 2 fully saturated rings. The summed E-state index contributed by atoms with van der Waals surface area (Å²) in [6.45, 7) is 8.83. The Kier molecular flexibility index (Phi) is 5.85. The highest BCUT2D eigenvalue weighted by Crippen LogP contribution is 2.42. The topological polar surface area (TPSA) is 106 Å². The average molecular weight is 496 g/mol. The van der Waals surface area contributed by atoms with Crippen LogP contribution in [0.2, 0.25) is 0 Å². The number of benzene rings is 1. The van der Waals surface area contributed by atoms with Crippen molar-refractivity contribution in [2.45, 2.75) is 76.4 Å². The van der Waals surface area contributed by atoms with Crippen molar-refractivity contribution in [3.05, 3.63) is 46.3 Å². The Morgan fingerprint density at radius 2 is 1.72 bits per heavy atom. The molecule has 192 valence electrons. The number of anilines is 3. The van der Waals surface area contributed by atoms with Gasteiger partial charge in [-0.2, -0.15) is 14.3 Å². The standard InChI is InChI=1S/C25H34FN9O/c1-24(2)12-18(13-25(3,4)34(24)6)28-21-20(26)14-27-22(30-21)29-17-9-16(15-7-8-15)10-19(11-17)35-23(36)33(5)31-32-35/h9-11,14-15,18H,7-8,12-13H2,1-6H3,(H2,27,28,29,30). The Bertz CT molecular complexity index is 1320. The summed E-state index contributed by atoms with van der Waals surface area (Å²) in [4.78, 5) is 23.4. The third kappa shape index (κ3) is 4.71. The molecule has 10 nitrogen and oxygen atoms in total. The minimum absolute atomic E-state index is 0.0396. The molecule has 0 atom stereocenters. The van der Waals surface area contributed by atoms with E-state index in [2.05, 4.69) is 70.7 Å². The maximum atomic E-state index is 14.8. The number of nitrogens with zero attached hydrogens (tertiary/aromatic N) is 7. The number of likely N-dealkylation sites (tertiary alicyclic amines) is 1. The van der Waals surface area contributed by atoms with Crippen molar-refractivity contribution < 1.29 is 4.39 Å². The summed E-state index contributed by atoms with van der Waals surface area (Å²) < 4.78 is 17.2. The molecule has 1 aromatic carbocycles. The molecule has 1 saturated carbocycles. The van der Waals surface area contributed by atoms with E-state index >= 15 is 0 Å². The molecule has 36 heavy (non-hydrogen) atoms. The van der Waals surface area contributed by atoms with E-state index in [0.717, 1.165) is 31.2 Å². The van der Waals surface area contributed by atoms with E-state index in [1.165, 1.54) is 15.6 Å². The normalized spacial score (nSPS) is 19.9. The number of hydrogen-bond acceptors (Lipinski definition) is 8. The van der Waals surface area contributed by atoms with Gasteiger partial charge in [0.2, 0.25) is 5.95 Å². The lowest BCUT2D eigenvalue weighted by Gasteiger charge is -2.53. The van der Waals surface area contributed by atoms with Crippen LogP contribution in [0.15, 0.2) is 29.2 Å². The molecule has 3 heterocycles. The van der Waals surface area contributed by atoms with Gasteiger partial charge in [0.1, 0.15) is 0 Å². The van der Waals surface area contributed by atoms with Gasteiger partial charge in [-0.25, -0.2) is 14.2 Å². The Morgan fingerprint density at radius 3 is 2.33 bits per heavy atom. The smallest absolute Gasteiger partial charge is 0.365 e. The van der Waals surface area contributed by atoms with Gasteiger partial charge in [0, 0.05) is 29.9 Å². The molecule has 2 aliphatic rings. The first kappa shape index (κ1) is 24.4. The van der Waals surface area contributed by atoms with Crippen molar-refractivity contribution in [1.29, 1.82) is 0 Å². The van der Waals surface area contributed by atoms with Crippen molar-refractivity contribution in [2.75, 3.05) is 17.7 Å². The second-order valence-electron chi connectivity index (χ2n) is 11.3. The summed E-state index contributed by atoms with van der Waals surface area (Å²) in [7, 11) is 3.70. The SMILES string of the molecule is CN1C(C)(C)CC(Nc2nc(Nc3cc(C4CC4)cc(-n4nnn(C)c4=O)c3)ncc2F)CC1(C)C. The number of tetrazole rings is 1. The number of halogens is 1. The van der Waals surface area contributed by atoms with Gasteiger partial charge in [-0.15, -0.1) is 0 Å². The Labute approximate surface area is 209 Å². The lowest BCUT2D eigenvalue weighted by atomic mass is 9.77. The van der Waals surface area contributed by atoms with E-state index < -0.39 is 5.82 Å². The molecule has 11 heteroatoms. The van der Waals surface area contributed by atoms with Crippen molar-refractivity contribution in [3.63, 3.8) is 0 Å². The zero-order valence-corrected chi connectivity index (χ0v) is 21.7. The third-order valence-electron chi connectivity index (χ3n) is 7.60. The van der Waals surface area contributed by atoms with Gasteiger partial charge in [0.25, 0.3) is 0 Å². The lowest BCUT2D eigenvalue weighted by Crippen LogP contribution is -2.61. The molecule has 5 rings (SSSR count). The van der Waals surface area contributed by atoms with Gasteiger partial charge in [0.05, 0.1) is 11.9 Å². The van der Waals surface area contributed by atoms with Gasteiger partial charge in [0.15, 0.2) is 11.6 Å². The number of hydrogen-bond donors (Lipinski definition) is 2. The maximum Gasteiger partial charge on any atom is 0.368 e. The maximum absolute atomic E-state index is 14.8. The van der Waals surface area contributed by atoms with E-state index in [-0.39, 0.29) is 34.6 Å². The van der Waals surface area contributed by atoms with Crippen LogP contribution in [0.3, 0.4) is 0 Å². The highest BCUT2D eigenvalue weighted by Gasteiger charge is 2.43. The highest BCUT2D eigenvalue weighted by molar-refractivity contribution is 5.61. The Morgan fingerprint density at radius 1 is 1.03 bits per heavy atom. The molecule has 0 spiro atoms. The number of rotatable bonds is 6. The van der Waals surface area contributed by atoms with E-state index in [1.54, 1.807) is 13.1 Å². The Hall–Kier alpha value is -3.34. The number of aromatic nitrogens is 6. The van der Waals surface area contributed by atoms with E-state index in [4.69, 9.17) is 0 Å². The largest absolute Gasteiger partial charge is 0.368 e. The van der Waals surface area contributed by atoms with Crippen molar-refractivity contribution in [3.8, 4) is 5.69 Å². The molecular formula is C25H34FN9O. The predicted molar refractivity (Wildman–Crippen MR) is 136 cm³/mol. The zero-order chi connectivity index (χ0) is 25.8. The van der Waals surface area contributed by atoms with Gasteiger partial charge < -0.3 is 10.6 Å². The molecule has 0 radical (unpaired) electrons. The number of piperidine rings is 1. The fraction of sp³-hybridized carbons (Fsp3) is 0.560. The Balaban J connectivity index is 1.41. The molecule has 2 N–H and O–H groups in total. The number of aryl methyl sites for hydroxylation is 1. The van der Waals surface area contributed by atoms with E-state index in [9.17, 15) is 9.18 Å². The summed E-state index contributed by atoms with van der Waals surface area (Å²) in [6.07, 6.45) is 5.10. The minimum atomic E-state index is -0.492. The summed E-state index contributed by atoms with van der Waals surface area (Å²) in [6, 6.07) is 5.84. The summed E-state index contributed by atoms with van der Waals surface area (Å²) in [5.41, 5.74) is 2.00. The third-order valence-corrected chi connectivity index (χ3v) is 7.60. The van der Waals surface area contributed by atoms with Gasteiger partial charge >= 0.3 is 5.69 Å². The lowest BCUT2D eigenvalue weighted by molar-refractivity contribution is -0.00778.